The molecule has 1 aliphatic carbocycles. The fourth-order valence-electron chi connectivity index (χ4n) is 4.30. The van der Waals surface area contributed by atoms with Gasteiger partial charge in [-0.05, 0) is 62.4 Å². The van der Waals surface area contributed by atoms with Crippen LogP contribution in [0.25, 0.3) is 5.57 Å². The number of allylic oxidation sites excluding steroid dienone is 2. The van der Waals surface area contributed by atoms with Gasteiger partial charge in [-0.2, -0.15) is 0 Å². The standard InChI is InChI=1S/C24H27NO3/c1-24(2,3)28-23(26)25-15-14-18-17(16-8-6-5-7-9-16)10-11-19-21(27-4)13-12-20(25)22(18)19/h5-10,12-13,18H,11,14-15H2,1-4H3/t18-/m0/s1. The van der Waals surface area contributed by atoms with E-state index in [9.17, 15) is 4.79 Å². The quantitative estimate of drug-likeness (QED) is 0.687. The summed E-state index contributed by atoms with van der Waals surface area (Å²) in [5.74, 6) is 1.15. The van der Waals surface area contributed by atoms with E-state index in [0.29, 0.717) is 6.54 Å². The average molecular weight is 377 g/mol. The Balaban J connectivity index is 1.79. The van der Waals surface area contributed by atoms with E-state index in [-0.39, 0.29) is 12.0 Å². The number of carbonyl (C=O) groups is 1. The molecule has 1 atom stereocenters. The van der Waals surface area contributed by atoms with Crippen molar-refractivity contribution < 1.29 is 14.3 Å². The normalized spacial score (nSPS) is 18.2. The Kier molecular flexibility index (Phi) is 4.66. The molecule has 4 rings (SSSR count). The van der Waals surface area contributed by atoms with Gasteiger partial charge in [-0.15, -0.1) is 0 Å². The summed E-state index contributed by atoms with van der Waals surface area (Å²) in [5.41, 5.74) is 5.40. The number of carbonyl (C=O) groups excluding carboxylic acids is 1. The first-order valence-corrected chi connectivity index (χ1v) is 9.85. The van der Waals surface area contributed by atoms with Crippen LogP contribution in [0.4, 0.5) is 10.5 Å². The van der Waals surface area contributed by atoms with E-state index in [1.165, 1.54) is 22.3 Å². The molecule has 0 unspecified atom stereocenters. The maximum Gasteiger partial charge on any atom is 0.414 e. The Morgan fingerprint density at radius 1 is 1.11 bits per heavy atom. The first-order chi connectivity index (χ1) is 13.4. The lowest BCUT2D eigenvalue weighted by molar-refractivity contribution is 0.0577. The fraction of sp³-hybridized carbons (Fsp3) is 0.375. The molecule has 4 nitrogen and oxygen atoms in total. The van der Waals surface area contributed by atoms with Gasteiger partial charge in [-0.3, -0.25) is 4.90 Å². The largest absolute Gasteiger partial charge is 0.496 e. The second kappa shape index (κ2) is 7.01. The van der Waals surface area contributed by atoms with Crippen LogP contribution in [0.5, 0.6) is 5.75 Å². The highest BCUT2D eigenvalue weighted by Gasteiger charge is 2.37. The molecule has 0 N–H and O–H groups in total. The molecule has 1 heterocycles. The number of hydrogen-bond donors (Lipinski definition) is 0. The van der Waals surface area contributed by atoms with Crippen LogP contribution in [0, 0.1) is 0 Å². The van der Waals surface area contributed by atoms with Crippen LogP contribution in [0.3, 0.4) is 0 Å². The lowest BCUT2D eigenvalue weighted by atomic mass is 9.74. The van der Waals surface area contributed by atoms with Crippen LogP contribution in [-0.2, 0) is 11.2 Å². The molecule has 2 aliphatic rings. The Labute approximate surface area is 166 Å². The third-order valence-corrected chi connectivity index (χ3v) is 5.41. The van der Waals surface area contributed by atoms with Crippen molar-refractivity contribution in [1.29, 1.82) is 0 Å². The number of nitrogens with zero attached hydrogens (tertiary/aromatic N) is 1. The van der Waals surface area contributed by atoms with Gasteiger partial charge in [0, 0.05) is 18.0 Å². The van der Waals surface area contributed by atoms with Crippen molar-refractivity contribution in [2.75, 3.05) is 18.6 Å². The molecule has 0 spiro atoms. The summed E-state index contributed by atoms with van der Waals surface area (Å²) in [7, 11) is 1.71. The van der Waals surface area contributed by atoms with Crippen molar-refractivity contribution in [2.24, 2.45) is 0 Å². The molecule has 2 aromatic rings. The zero-order valence-corrected chi connectivity index (χ0v) is 17.0. The minimum atomic E-state index is -0.518. The highest BCUT2D eigenvalue weighted by atomic mass is 16.6. The Bertz CT molecular complexity index is 925. The molecule has 0 saturated carbocycles. The van der Waals surface area contributed by atoms with E-state index in [1.807, 2.05) is 39.0 Å². The first-order valence-electron chi connectivity index (χ1n) is 9.85. The van der Waals surface area contributed by atoms with Crippen molar-refractivity contribution in [2.45, 2.75) is 45.1 Å². The van der Waals surface area contributed by atoms with Crippen molar-refractivity contribution in [1.82, 2.24) is 0 Å². The third kappa shape index (κ3) is 3.28. The van der Waals surface area contributed by atoms with Gasteiger partial charge in [-0.25, -0.2) is 4.79 Å². The van der Waals surface area contributed by atoms with Gasteiger partial charge >= 0.3 is 6.09 Å². The summed E-state index contributed by atoms with van der Waals surface area (Å²) in [6.07, 6.45) is 3.70. The number of ether oxygens (including phenoxy) is 2. The molecule has 4 heteroatoms. The lowest BCUT2D eigenvalue weighted by Gasteiger charge is -2.39. The molecule has 1 amide bonds. The number of methoxy groups -OCH3 is 1. The van der Waals surface area contributed by atoms with Crippen LogP contribution in [0.15, 0.2) is 48.5 Å². The number of benzene rings is 2. The molecule has 0 radical (unpaired) electrons. The van der Waals surface area contributed by atoms with Gasteiger partial charge in [-0.1, -0.05) is 36.4 Å². The van der Waals surface area contributed by atoms with E-state index >= 15 is 0 Å². The zero-order chi connectivity index (χ0) is 19.9. The molecular weight excluding hydrogens is 350 g/mol. The molecular formula is C24H27NO3. The second-order valence-corrected chi connectivity index (χ2v) is 8.38. The lowest BCUT2D eigenvalue weighted by Crippen LogP contribution is -2.41. The Morgan fingerprint density at radius 2 is 1.86 bits per heavy atom. The van der Waals surface area contributed by atoms with Gasteiger partial charge in [0.15, 0.2) is 0 Å². The molecule has 0 bridgehead atoms. The molecule has 1 aliphatic heterocycles. The van der Waals surface area contributed by atoms with Crippen molar-refractivity contribution >= 4 is 17.4 Å². The summed E-state index contributed by atoms with van der Waals surface area (Å²) in [6.45, 7) is 6.34. The number of rotatable bonds is 2. The summed E-state index contributed by atoms with van der Waals surface area (Å²) in [5, 5.41) is 0. The molecule has 28 heavy (non-hydrogen) atoms. The second-order valence-electron chi connectivity index (χ2n) is 8.38. The van der Waals surface area contributed by atoms with Crippen molar-refractivity contribution in [3.63, 3.8) is 0 Å². The maximum absolute atomic E-state index is 12.9. The maximum atomic E-state index is 12.9. The predicted octanol–water partition coefficient (Wildman–Crippen LogP) is 5.56. The molecule has 146 valence electrons. The molecule has 2 aromatic carbocycles. The fourth-order valence-corrected chi connectivity index (χ4v) is 4.30. The minimum absolute atomic E-state index is 0.259. The monoisotopic (exact) mass is 377 g/mol. The average Bonchev–Trinajstić information content (AvgIpc) is 2.68. The van der Waals surface area contributed by atoms with Gasteiger partial charge in [0.05, 0.1) is 12.8 Å². The Morgan fingerprint density at radius 3 is 2.54 bits per heavy atom. The molecule has 0 fully saturated rings. The van der Waals surface area contributed by atoms with Gasteiger partial charge in [0.2, 0.25) is 0 Å². The molecule has 0 aromatic heterocycles. The number of amides is 1. The van der Waals surface area contributed by atoms with E-state index in [4.69, 9.17) is 9.47 Å². The summed E-state index contributed by atoms with van der Waals surface area (Å²) in [4.78, 5) is 14.7. The van der Waals surface area contributed by atoms with Crippen LogP contribution in [0.1, 0.15) is 49.8 Å². The smallest absolute Gasteiger partial charge is 0.414 e. The SMILES string of the molecule is COc1ccc2c3c1CC=C(c1ccccc1)[C@@H]3CCN2C(=O)OC(C)(C)C. The van der Waals surface area contributed by atoms with Crippen LogP contribution in [0.2, 0.25) is 0 Å². The van der Waals surface area contributed by atoms with Gasteiger partial charge in [0.25, 0.3) is 0 Å². The van der Waals surface area contributed by atoms with E-state index in [1.54, 1.807) is 12.0 Å². The van der Waals surface area contributed by atoms with Crippen LogP contribution in [-0.4, -0.2) is 25.3 Å². The topological polar surface area (TPSA) is 38.8 Å². The highest BCUT2D eigenvalue weighted by molar-refractivity contribution is 5.92. The number of hydrogen-bond acceptors (Lipinski definition) is 3. The summed E-state index contributed by atoms with van der Waals surface area (Å²) >= 11 is 0. The first kappa shape index (κ1) is 18.6. The van der Waals surface area contributed by atoms with E-state index in [2.05, 4.69) is 30.3 Å². The van der Waals surface area contributed by atoms with Gasteiger partial charge in [0.1, 0.15) is 11.4 Å². The summed E-state index contributed by atoms with van der Waals surface area (Å²) < 4.78 is 11.3. The molecule has 0 saturated heterocycles. The zero-order valence-electron chi connectivity index (χ0n) is 17.0. The highest BCUT2D eigenvalue weighted by Crippen LogP contribution is 2.50. The number of anilines is 1. The van der Waals surface area contributed by atoms with Gasteiger partial charge < -0.3 is 9.47 Å². The van der Waals surface area contributed by atoms with Crippen molar-refractivity contribution in [3.8, 4) is 5.75 Å². The third-order valence-electron chi connectivity index (χ3n) is 5.41. The van der Waals surface area contributed by atoms with Crippen LogP contribution >= 0.6 is 0 Å². The summed E-state index contributed by atoms with van der Waals surface area (Å²) in [6, 6.07) is 14.5. The van der Waals surface area contributed by atoms with E-state index in [0.717, 1.165) is 24.3 Å². The van der Waals surface area contributed by atoms with Crippen molar-refractivity contribution in [3.05, 3.63) is 65.2 Å². The predicted molar refractivity (Wildman–Crippen MR) is 112 cm³/mol. The van der Waals surface area contributed by atoms with E-state index < -0.39 is 5.60 Å². The minimum Gasteiger partial charge on any atom is -0.496 e. The van der Waals surface area contributed by atoms with Crippen LogP contribution < -0.4 is 9.64 Å². The Hall–Kier alpha value is -2.75.